The minimum atomic E-state index is -0.669. The van der Waals surface area contributed by atoms with E-state index in [9.17, 15) is 14.0 Å². The monoisotopic (exact) mass is 430 g/mol. The van der Waals surface area contributed by atoms with Gasteiger partial charge in [-0.3, -0.25) is 14.5 Å². The maximum atomic E-state index is 14.7. The summed E-state index contributed by atoms with van der Waals surface area (Å²) in [5.74, 6) is -1.20. The first-order valence-corrected chi connectivity index (χ1v) is 10.2. The van der Waals surface area contributed by atoms with Crippen molar-refractivity contribution in [2.24, 2.45) is 0 Å². The molecule has 6 heteroatoms. The molecule has 0 bridgehead atoms. The number of aromatic nitrogens is 1. The van der Waals surface area contributed by atoms with Gasteiger partial charge in [-0.1, -0.05) is 48.0 Å². The molecule has 0 N–H and O–H groups in total. The summed E-state index contributed by atoms with van der Waals surface area (Å²) in [6.45, 7) is 1.75. The van der Waals surface area contributed by atoms with E-state index in [0.29, 0.717) is 32.9 Å². The number of rotatable bonds is 3. The Balaban J connectivity index is 1.73. The van der Waals surface area contributed by atoms with Gasteiger partial charge >= 0.3 is 0 Å². The molecule has 1 unspecified atom stereocenters. The number of amides is 2. The third kappa shape index (κ3) is 3.01. The van der Waals surface area contributed by atoms with Gasteiger partial charge in [-0.05, 0) is 43.3 Å². The van der Waals surface area contributed by atoms with Crippen molar-refractivity contribution in [3.63, 3.8) is 0 Å². The Morgan fingerprint density at radius 3 is 2.13 bits per heavy atom. The Morgan fingerprint density at radius 2 is 1.48 bits per heavy atom. The smallest absolute Gasteiger partial charge is 0.262 e. The summed E-state index contributed by atoms with van der Waals surface area (Å²) in [5, 5.41) is 1.18. The molecule has 152 valence electrons. The number of imide groups is 1. The van der Waals surface area contributed by atoms with Crippen molar-refractivity contribution in [1.29, 1.82) is 0 Å². The molecule has 0 fully saturated rings. The molecule has 0 spiro atoms. The van der Waals surface area contributed by atoms with Crippen LogP contribution >= 0.6 is 11.6 Å². The molecule has 31 heavy (non-hydrogen) atoms. The summed E-state index contributed by atoms with van der Waals surface area (Å²) in [4.78, 5) is 32.0. The molecule has 4 nitrogen and oxygen atoms in total. The Kier molecular flexibility index (Phi) is 4.56. The van der Waals surface area contributed by atoms with Crippen LogP contribution in [0.1, 0.15) is 39.2 Å². The molecule has 0 radical (unpaired) electrons. The van der Waals surface area contributed by atoms with Gasteiger partial charge in [0, 0.05) is 16.5 Å². The zero-order valence-electron chi connectivity index (χ0n) is 16.5. The fourth-order valence-electron chi connectivity index (χ4n) is 4.06. The van der Waals surface area contributed by atoms with Crippen LogP contribution < -0.4 is 0 Å². The number of nitrogens with zero attached hydrogens (tertiary/aromatic N) is 2. The quantitative estimate of drug-likeness (QED) is 0.372. The number of hydrogen-bond acceptors (Lipinski definition) is 3. The molecule has 0 saturated carbocycles. The third-order valence-electron chi connectivity index (χ3n) is 5.62. The van der Waals surface area contributed by atoms with Crippen molar-refractivity contribution in [2.75, 3.05) is 0 Å². The van der Waals surface area contributed by atoms with Crippen LogP contribution in [-0.2, 0) is 0 Å². The van der Waals surface area contributed by atoms with E-state index in [1.807, 2.05) is 12.1 Å². The van der Waals surface area contributed by atoms with Crippen LogP contribution in [0.4, 0.5) is 4.39 Å². The normalized spacial score (nSPS) is 14.2. The minimum Gasteiger partial charge on any atom is -0.269 e. The second-order valence-corrected chi connectivity index (χ2v) is 7.83. The third-order valence-corrected chi connectivity index (χ3v) is 5.92. The van der Waals surface area contributed by atoms with Crippen LogP contribution in [0.3, 0.4) is 0 Å². The van der Waals surface area contributed by atoms with Gasteiger partial charge in [-0.25, -0.2) is 9.37 Å². The predicted octanol–water partition coefficient (Wildman–Crippen LogP) is 6.05. The number of pyridine rings is 1. The molecule has 4 aromatic rings. The number of hydrogen-bond donors (Lipinski definition) is 0. The largest absolute Gasteiger partial charge is 0.269 e. The first-order chi connectivity index (χ1) is 15.0. The Labute approximate surface area is 182 Å². The van der Waals surface area contributed by atoms with Gasteiger partial charge in [-0.15, -0.1) is 0 Å². The zero-order chi connectivity index (χ0) is 21.7. The average molecular weight is 431 g/mol. The summed E-state index contributed by atoms with van der Waals surface area (Å²) in [7, 11) is 0. The van der Waals surface area contributed by atoms with Crippen LogP contribution in [0, 0.1) is 5.82 Å². The van der Waals surface area contributed by atoms with E-state index in [2.05, 4.69) is 4.98 Å². The Hall–Kier alpha value is -3.57. The van der Waals surface area contributed by atoms with Gasteiger partial charge < -0.3 is 0 Å². The summed E-state index contributed by atoms with van der Waals surface area (Å²) in [5.41, 5.74) is 2.45. The summed E-state index contributed by atoms with van der Waals surface area (Å²) in [6, 6.07) is 19.5. The molecule has 1 aliphatic heterocycles. The Morgan fingerprint density at radius 1 is 0.871 bits per heavy atom. The summed E-state index contributed by atoms with van der Waals surface area (Å²) < 4.78 is 14.7. The van der Waals surface area contributed by atoms with Gasteiger partial charge in [0.2, 0.25) is 0 Å². The molecule has 3 aromatic carbocycles. The highest BCUT2D eigenvalue weighted by molar-refractivity contribution is 6.35. The van der Waals surface area contributed by atoms with Crippen LogP contribution in [0.25, 0.3) is 22.2 Å². The fraction of sp³-hybridized carbons (Fsp3) is 0.0800. The number of benzene rings is 3. The zero-order valence-corrected chi connectivity index (χ0v) is 17.2. The van der Waals surface area contributed by atoms with Crippen molar-refractivity contribution >= 4 is 34.3 Å². The van der Waals surface area contributed by atoms with E-state index >= 15 is 0 Å². The SMILES string of the molecule is CC(c1cc2cccc(Cl)c2nc1-c1ccccc1F)N1C(=O)c2ccccc2C1=O. The van der Waals surface area contributed by atoms with Crippen molar-refractivity contribution in [1.82, 2.24) is 9.88 Å². The van der Waals surface area contributed by atoms with Gasteiger partial charge in [0.05, 0.1) is 33.4 Å². The molecule has 5 rings (SSSR count). The number of para-hydroxylation sites is 1. The highest BCUT2D eigenvalue weighted by atomic mass is 35.5. The lowest BCUT2D eigenvalue weighted by Crippen LogP contribution is -2.33. The van der Waals surface area contributed by atoms with Crippen molar-refractivity contribution in [2.45, 2.75) is 13.0 Å². The maximum absolute atomic E-state index is 14.7. The van der Waals surface area contributed by atoms with E-state index in [1.54, 1.807) is 61.5 Å². The molecular weight excluding hydrogens is 415 g/mol. The molecule has 1 aliphatic rings. The second-order valence-electron chi connectivity index (χ2n) is 7.42. The number of fused-ring (bicyclic) bond motifs is 2. The van der Waals surface area contributed by atoms with Gasteiger partial charge in [0.1, 0.15) is 5.82 Å². The van der Waals surface area contributed by atoms with Gasteiger partial charge in [0.15, 0.2) is 0 Å². The maximum Gasteiger partial charge on any atom is 0.262 e. The first-order valence-electron chi connectivity index (χ1n) is 9.78. The van der Waals surface area contributed by atoms with E-state index in [-0.39, 0.29) is 17.4 Å². The molecule has 1 atom stereocenters. The average Bonchev–Trinajstić information content (AvgIpc) is 3.04. The van der Waals surface area contributed by atoms with Gasteiger partial charge in [-0.2, -0.15) is 0 Å². The van der Waals surface area contributed by atoms with E-state index in [0.717, 1.165) is 5.39 Å². The summed E-state index contributed by atoms with van der Waals surface area (Å²) >= 11 is 6.35. The standard InChI is InChI=1S/C25H16ClFN2O2/c1-14(29-24(30)16-8-2-3-9-17(16)25(29)31)19-13-15-7-6-11-20(26)22(15)28-23(19)18-10-4-5-12-21(18)27/h2-14H,1H3. The molecule has 0 saturated heterocycles. The number of carbonyl (C=O) groups excluding carboxylic acids is 2. The fourth-order valence-corrected chi connectivity index (χ4v) is 4.29. The molecular formula is C25H16ClFN2O2. The lowest BCUT2D eigenvalue weighted by Gasteiger charge is -2.25. The topological polar surface area (TPSA) is 50.3 Å². The van der Waals surface area contributed by atoms with Crippen LogP contribution in [-0.4, -0.2) is 21.7 Å². The number of carbonyl (C=O) groups is 2. The van der Waals surface area contributed by atoms with Crippen molar-refractivity contribution in [3.8, 4) is 11.3 Å². The molecule has 2 heterocycles. The lowest BCUT2D eigenvalue weighted by molar-refractivity contribution is 0.0595. The molecule has 0 aliphatic carbocycles. The van der Waals surface area contributed by atoms with Crippen molar-refractivity contribution < 1.29 is 14.0 Å². The lowest BCUT2D eigenvalue weighted by atomic mass is 9.97. The van der Waals surface area contributed by atoms with E-state index in [4.69, 9.17) is 11.6 Å². The predicted molar refractivity (Wildman–Crippen MR) is 118 cm³/mol. The van der Waals surface area contributed by atoms with E-state index < -0.39 is 11.9 Å². The minimum absolute atomic E-state index is 0.280. The van der Waals surface area contributed by atoms with Crippen LogP contribution in [0.5, 0.6) is 0 Å². The molecule has 2 amide bonds. The van der Waals surface area contributed by atoms with Gasteiger partial charge in [0.25, 0.3) is 11.8 Å². The first kappa shape index (κ1) is 19.4. The summed E-state index contributed by atoms with van der Waals surface area (Å²) in [6.07, 6.45) is 0. The van der Waals surface area contributed by atoms with Crippen LogP contribution in [0.15, 0.2) is 72.8 Å². The second kappa shape index (κ2) is 7.29. The van der Waals surface area contributed by atoms with Crippen LogP contribution in [0.2, 0.25) is 5.02 Å². The molecule has 1 aromatic heterocycles. The highest BCUT2D eigenvalue weighted by Gasteiger charge is 2.39. The van der Waals surface area contributed by atoms with E-state index in [1.165, 1.54) is 11.0 Å². The Bertz CT molecular complexity index is 1350. The highest BCUT2D eigenvalue weighted by Crippen LogP contribution is 2.38. The number of halogens is 2. The van der Waals surface area contributed by atoms with Crippen molar-refractivity contribution in [3.05, 3.63) is 100 Å².